The van der Waals surface area contributed by atoms with Crippen molar-refractivity contribution in [2.45, 2.75) is 51.6 Å². The van der Waals surface area contributed by atoms with Crippen molar-refractivity contribution in [2.75, 3.05) is 0 Å². The van der Waals surface area contributed by atoms with Gasteiger partial charge in [0.1, 0.15) is 0 Å². The van der Waals surface area contributed by atoms with Gasteiger partial charge in [-0.2, -0.15) is 5.26 Å². The van der Waals surface area contributed by atoms with E-state index < -0.39 is 6.10 Å². The Morgan fingerprint density at radius 3 is 2.77 bits per heavy atom. The maximum atomic E-state index is 9.18. The number of aliphatic hydroxyl groups excluding tert-OH is 1. The average Bonchev–Trinajstić information content (AvgIpc) is 2.11. The quantitative estimate of drug-likeness (QED) is 0.485. The number of aliphatic hydroxyl groups is 1. The summed E-state index contributed by atoms with van der Waals surface area (Å²) < 4.78 is 0. The predicted octanol–water partition coefficient (Wildman–Crippen LogP) is 2.79. The fraction of sp³-hybridized carbons (Fsp3) is 0.727. The molecule has 0 aromatic carbocycles. The number of nitrogens with zero attached hydrogens (tertiary/aromatic N) is 1. The molecule has 0 heterocycles. The lowest BCUT2D eigenvalue weighted by Gasteiger charge is -1.99. The Morgan fingerprint density at radius 1 is 1.38 bits per heavy atom. The van der Waals surface area contributed by atoms with Gasteiger partial charge < -0.3 is 5.11 Å². The minimum atomic E-state index is -0.479. The van der Waals surface area contributed by atoms with E-state index in [1.165, 1.54) is 19.3 Å². The zero-order valence-corrected chi connectivity index (χ0v) is 8.37. The number of hydrogen-bond acceptors (Lipinski definition) is 2. The smallest absolute Gasteiger partial charge is 0.0704 e. The van der Waals surface area contributed by atoms with Gasteiger partial charge in [0.25, 0.3) is 0 Å². The Labute approximate surface area is 80.9 Å². The van der Waals surface area contributed by atoms with E-state index in [9.17, 15) is 5.11 Å². The van der Waals surface area contributed by atoms with Gasteiger partial charge >= 0.3 is 0 Å². The molecular formula is C11H19NO. The second kappa shape index (κ2) is 9.28. The minimum Gasteiger partial charge on any atom is -0.392 e. The van der Waals surface area contributed by atoms with Gasteiger partial charge in [-0.15, -0.1) is 0 Å². The Balaban J connectivity index is 3.26. The molecule has 0 radical (unpaired) electrons. The summed E-state index contributed by atoms with van der Waals surface area (Å²) >= 11 is 0. The zero-order valence-electron chi connectivity index (χ0n) is 8.37. The summed E-state index contributed by atoms with van der Waals surface area (Å²) in [6, 6.07) is 1.94. The molecule has 1 unspecified atom stereocenters. The molecule has 0 bridgehead atoms. The van der Waals surface area contributed by atoms with Crippen LogP contribution in [0.4, 0.5) is 0 Å². The molecule has 1 atom stereocenters. The second-order valence-corrected chi connectivity index (χ2v) is 3.22. The van der Waals surface area contributed by atoms with Crippen molar-refractivity contribution >= 4 is 0 Å². The third-order valence-electron chi connectivity index (χ3n) is 1.88. The standard InChI is InChI=1S/C11H19NO/c1-2-3-4-5-6-7-8-11(13)9-10-12/h6-7,11,13H,2-5,8-9H2,1H3/b7-6-. The van der Waals surface area contributed by atoms with E-state index in [1.54, 1.807) is 0 Å². The van der Waals surface area contributed by atoms with Gasteiger partial charge in [0.15, 0.2) is 0 Å². The molecule has 13 heavy (non-hydrogen) atoms. The van der Waals surface area contributed by atoms with Crippen LogP contribution in [-0.4, -0.2) is 11.2 Å². The normalized spacial score (nSPS) is 13.0. The molecule has 0 aliphatic heterocycles. The first-order valence-corrected chi connectivity index (χ1v) is 5.01. The number of allylic oxidation sites excluding steroid dienone is 1. The van der Waals surface area contributed by atoms with Crippen molar-refractivity contribution in [1.29, 1.82) is 5.26 Å². The van der Waals surface area contributed by atoms with Gasteiger partial charge in [-0.3, -0.25) is 0 Å². The lowest BCUT2D eigenvalue weighted by molar-refractivity contribution is 0.183. The average molecular weight is 181 g/mol. The molecule has 0 saturated carbocycles. The maximum absolute atomic E-state index is 9.18. The lowest BCUT2D eigenvalue weighted by atomic mass is 10.1. The van der Waals surface area contributed by atoms with Crippen LogP contribution in [0.2, 0.25) is 0 Å². The SMILES string of the molecule is CCCCC/C=C\CC(O)CC#N. The molecule has 0 aromatic heterocycles. The zero-order chi connectivity index (χ0) is 9.94. The van der Waals surface area contributed by atoms with E-state index in [-0.39, 0.29) is 6.42 Å². The molecule has 0 spiro atoms. The van der Waals surface area contributed by atoms with Crippen LogP contribution in [0.25, 0.3) is 0 Å². The first kappa shape index (κ1) is 12.2. The molecule has 0 saturated heterocycles. The van der Waals surface area contributed by atoms with Gasteiger partial charge in [0.2, 0.25) is 0 Å². The first-order valence-electron chi connectivity index (χ1n) is 5.01. The van der Waals surface area contributed by atoms with Crippen LogP contribution >= 0.6 is 0 Å². The third kappa shape index (κ3) is 9.10. The highest BCUT2D eigenvalue weighted by Crippen LogP contribution is 2.02. The summed E-state index contributed by atoms with van der Waals surface area (Å²) in [5, 5.41) is 17.5. The molecule has 0 aliphatic carbocycles. The van der Waals surface area contributed by atoms with E-state index in [2.05, 4.69) is 13.0 Å². The molecule has 0 fully saturated rings. The molecule has 0 amide bonds. The van der Waals surface area contributed by atoms with E-state index in [1.807, 2.05) is 12.1 Å². The van der Waals surface area contributed by atoms with Crippen LogP contribution in [0.15, 0.2) is 12.2 Å². The molecule has 2 nitrogen and oxygen atoms in total. The molecule has 0 aromatic rings. The van der Waals surface area contributed by atoms with Crippen molar-refractivity contribution in [3.63, 3.8) is 0 Å². The van der Waals surface area contributed by atoms with Crippen molar-refractivity contribution in [3.05, 3.63) is 12.2 Å². The Kier molecular flexibility index (Phi) is 8.70. The first-order chi connectivity index (χ1) is 6.31. The van der Waals surface area contributed by atoms with E-state index in [4.69, 9.17) is 5.26 Å². The number of rotatable bonds is 7. The largest absolute Gasteiger partial charge is 0.392 e. The van der Waals surface area contributed by atoms with E-state index in [0.29, 0.717) is 6.42 Å². The van der Waals surface area contributed by atoms with Crippen molar-refractivity contribution in [3.8, 4) is 6.07 Å². The highest BCUT2D eigenvalue weighted by molar-refractivity contribution is 4.86. The van der Waals surface area contributed by atoms with Gasteiger partial charge in [0.05, 0.1) is 18.6 Å². The fourth-order valence-electron chi connectivity index (χ4n) is 1.07. The van der Waals surface area contributed by atoms with Gasteiger partial charge in [-0.1, -0.05) is 31.9 Å². The fourth-order valence-corrected chi connectivity index (χ4v) is 1.07. The van der Waals surface area contributed by atoms with Crippen LogP contribution in [0.5, 0.6) is 0 Å². The number of nitriles is 1. The van der Waals surface area contributed by atoms with E-state index >= 15 is 0 Å². The Morgan fingerprint density at radius 2 is 2.15 bits per heavy atom. The summed E-state index contributed by atoms with van der Waals surface area (Å²) in [6.07, 6.45) is 9.25. The van der Waals surface area contributed by atoms with Gasteiger partial charge in [0, 0.05) is 0 Å². The molecule has 74 valence electrons. The van der Waals surface area contributed by atoms with Crippen LogP contribution in [0.3, 0.4) is 0 Å². The lowest BCUT2D eigenvalue weighted by Crippen LogP contribution is -2.02. The molecule has 2 heteroatoms. The van der Waals surface area contributed by atoms with Crippen LogP contribution < -0.4 is 0 Å². The minimum absolute atomic E-state index is 0.235. The third-order valence-corrected chi connectivity index (χ3v) is 1.88. The molecule has 1 N–H and O–H groups in total. The van der Waals surface area contributed by atoms with Crippen LogP contribution in [-0.2, 0) is 0 Å². The van der Waals surface area contributed by atoms with Gasteiger partial charge in [-0.05, 0) is 19.3 Å². The molecule has 0 rings (SSSR count). The number of hydrogen-bond donors (Lipinski definition) is 1. The summed E-state index contributed by atoms with van der Waals surface area (Å²) in [5.41, 5.74) is 0. The molecule has 0 aliphatic rings. The Bertz CT molecular complexity index is 169. The van der Waals surface area contributed by atoms with Crippen molar-refractivity contribution in [2.24, 2.45) is 0 Å². The summed E-state index contributed by atoms with van der Waals surface area (Å²) in [5.74, 6) is 0. The molecular weight excluding hydrogens is 162 g/mol. The topological polar surface area (TPSA) is 44.0 Å². The Hall–Kier alpha value is -0.810. The second-order valence-electron chi connectivity index (χ2n) is 3.22. The maximum Gasteiger partial charge on any atom is 0.0704 e. The summed E-state index contributed by atoms with van der Waals surface area (Å²) in [4.78, 5) is 0. The summed E-state index contributed by atoms with van der Waals surface area (Å²) in [6.45, 7) is 2.18. The highest BCUT2D eigenvalue weighted by atomic mass is 16.3. The van der Waals surface area contributed by atoms with Crippen LogP contribution in [0.1, 0.15) is 45.4 Å². The van der Waals surface area contributed by atoms with Crippen molar-refractivity contribution < 1.29 is 5.11 Å². The monoisotopic (exact) mass is 181 g/mol. The van der Waals surface area contributed by atoms with Crippen molar-refractivity contribution in [1.82, 2.24) is 0 Å². The number of unbranched alkanes of at least 4 members (excludes halogenated alkanes) is 3. The van der Waals surface area contributed by atoms with Gasteiger partial charge in [-0.25, -0.2) is 0 Å². The van der Waals surface area contributed by atoms with Crippen LogP contribution in [0, 0.1) is 11.3 Å². The summed E-state index contributed by atoms with van der Waals surface area (Å²) in [7, 11) is 0. The predicted molar refractivity (Wildman–Crippen MR) is 54.1 cm³/mol. The highest BCUT2D eigenvalue weighted by Gasteiger charge is 1.97. The van der Waals surface area contributed by atoms with E-state index in [0.717, 1.165) is 6.42 Å².